The van der Waals surface area contributed by atoms with Gasteiger partial charge in [0, 0.05) is 29.4 Å². The van der Waals surface area contributed by atoms with Crippen LogP contribution in [0.2, 0.25) is 5.02 Å². The normalized spacial score (nSPS) is 17.2. The first-order chi connectivity index (χ1) is 11.5. The first-order valence-electron chi connectivity index (χ1n) is 7.88. The van der Waals surface area contributed by atoms with E-state index >= 15 is 0 Å². The molecule has 1 aliphatic heterocycles. The number of para-hydroxylation sites is 1. The number of aryl methyl sites for hydroxylation is 2. The zero-order valence-electron chi connectivity index (χ0n) is 13.7. The third-order valence-electron chi connectivity index (χ3n) is 4.36. The summed E-state index contributed by atoms with van der Waals surface area (Å²) in [6.45, 7) is 4.27. The Morgan fingerprint density at radius 3 is 2.67 bits per heavy atom. The molecule has 124 valence electrons. The van der Waals surface area contributed by atoms with Crippen molar-refractivity contribution in [3.63, 3.8) is 0 Å². The van der Waals surface area contributed by atoms with Gasteiger partial charge in [0.1, 0.15) is 0 Å². The molecule has 0 aromatic heterocycles. The van der Waals surface area contributed by atoms with E-state index in [4.69, 9.17) is 11.6 Å². The number of carbonyl (C=O) groups is 2. The second kappa shape index (κ2) is 6.65. The molecule has 2 amide bonds. The van der Waals surface area contributed by atoms with E-state index in [1.54, 1.807) is 17.0 Å². The lowest BCUT2D eigenvalue weighted by atomic mass is 10.1. The van der Waals surface area contributed by atoms with Crippen LogP contribution < -0.4 is 10.2 Å². The van der Waals surface area contributed by atoms with E-state index in [9.17, 15) is 9.59 Å². The van der Waals surface area contributed by atoms with E-state index in [1.165, 1.54) is 0 Å². The van der Waals surface area contributed by atoms with E-state index in [1.807, 2.05) is 44.2 Å². The van der Waals surface area contributed by atoms with Gasteiger partial charge in [0.15, 0.2) is 0 Å². The van der Waals surface area contributed by atoms with Crippen LogP contribution in [0.1, 0.15) is 17.5 Å². The number of nitrogens with one attached hydrogen (secondary N) is 1. The number of benzene rings is 2. The van der Waals surface area contributed by atoms with Crippen molar-refractivity contribution in [1.29, 1.82) is 0 Å². The lowest BCUT2D eigenvalue weighted by Crippen LogP contribution is -2.28. The van der Waals surface area contributed by atoms with Crippen LogP contribution in [0.5, 0.6) is 0 Å². The molecule has 0 radical (unpaired) electrons. The van der Waals surface area contributed by atoms with Crippen molar-refractivity contribution in [3.05, 3.63) is 58.6 Å². The third kappa shape index (κ3) is 3.29. The maximum absolute atomic E-state index is 12.6. The van der Waals surface area contributed by atoms with Gasteiger partial charge < -0.3 is 10.2 Å². The highest BCUT2D eigenvalue weighted by atomic mass is 35.5. The summed E-state index contributed by atoms with van der Waals surface area (Å²) in [5, 5.41) is 3.47. The van der Waals surface area contributed by atoms with Crippen LogP contribution in [0.25, 0.3) is 0 Å². The van der Waals surface area contributed by atoms with Crippen molar-refractivity contribution >= 4 is 34.8 Å². The molecule has 2 aromatic rings. The van der Waals surface area contributed by atoms with E-state index in [-0.39, 0.29) is 24.2 Å². The van der Waals surface area contributed by atoms with Gasteiger partial charge in [-0.2, -0.15) is 0 Å². The Labute approximate surface area is 146 Å². The summed E-state index contributed by atoms with van der Waals surface area (Å²) >= 11 is 5.99. The molecule has 1 atom stereocenters. The molecule has 0 bridgehead atoms. The molecule has 1 N–H and O–H groups in total. The molecule has 1 saturated heterocycles. The molecule has 4 nitrogen and oxygen atoms in total. The van der Waals surface area contributed by atoms with E-state index < -0.39 is 0 Å². The average Bonchev–Trinajstić information content (AvgIpc) is 2.93. The van der Waals surface area contributed by atoms with Crippen molar-refractivity contribution in [1.82, 2.24) is 0 Å². The number of rotatable bonds is 3. The summed E-state index contributed by atoms with van der Waals surface area (Å²) in [7, 11) is 0. The summed E-state index contributed by atoms with van der Waals surface area (Å²) < 4.78 is 0. The van der Waals surface area contributed by atoms with Crippen LogP contribution in [0.4, 0.5) is 11.4 Å². The van der Waals surface area contributed by atoms with E-state index in [2.05, 4.69) is 5.32 Å². The van der Waals surface area contributed by atoms with Crippen LogP contribution in [-0.2, 0) is 9.59 Å². The Morgan fingerprint density at radius 2 is 1.92 bits per heavy atom. The predicted octanol–water partition coefficient (Wildman–Crippen LogP) is 3.95. The van der Waals surface area contributed by atoms with Crippen molar-refractivity contribution in [2.75, 3.05) is 16.8 Å². The Morgan fingerprint density at radius 1 is 1.17 bits per heavy atom. The van der Waals surface area contributed by atoms with Crippen LogP contribution in [0.15, 0.2) is 42.5 Å². The summed E-state index contributed by atoms with van der Waals surface area (Å²) in [4.78, 5) is 26.6. The van der Waals surface area contributed by atoms with Gasteiger partial charge in [-0.25, -0.2) is 0 Å². The van der Waals surface area contributed by atoms with Gasteiger partial charge in [-0.1, -0.05) is 35.9 Å². The number of halogens is 1. The van der Waals surface area contributed by atoms with Gasteiger partial charge >= 0.3 is 0 Å². The number of amides is 2. The van der Waals surface area contributed by atoms with E-state index in [0.717, 1.165) is 16.8 Å². The lowest BCUT2D eigenvalue weighted by Gasteiger charge is -2.19. The summed E-state index contributed by atoms with van der Waals surface area (Å²) in [6.07, 6.45) is 0.222. The fourth-order valence-electron chi connectivity index (χ4n) is 2.95. The van der Waals surface area contributed by atoms with Gasteiger partial charge in [-0.3, -0.25) is 9.59 Å². The fourth-order valence-corrected chi connectivity index (χ4v) is 3.12. The zero-order chi connectivity index (χ0) is 17.3. The number of nitrogens with zero attached hydrogens (tertiary/aromatic N) is 1. The maximum Gasteiger partial charge on any atom is 0.229 e. The minimum atomic E-state index is -0.365. The average molecular weight is 343 g/mol. The molecule has 2 aromatic carbocycles. The smallest absolute Gasteiger partial charge is 0.229 e. The molecular weight excluding hydrogens is 324 g/mol. The van der Waals surface area contributed by atoms with Crippen LogP contribution >= 0.6 is 11.6 Å². The van der Waals surface area contributed by atoms with Gasteiger partial charge in [-0.15, -0.1) is 0 Å². The summed E-state index contributed by atoms with van der Waals surface area (Å²) in [6, 6.07) is 13.1. The maximum atomic E-state index is 12.6. The molecule has 0 aliphatic carbocycles. The molecule has 0 spiro atoms. The van der Waals surface area contributed by atoms with Gasteiger partial charge in [0.25, 0.3) is 0 Å². The Bertz CT molecular complexity index is 804. The highest BCUT2D eigenvalue weighted by Gasteiger charge is 2.35. The zero-order valence-corrected chi connectivity index (χ0v) is 14.4. The van der Waals surface area contributed by atoms with Crippen molar-refractivity contribution < 1.29 is 9.59 Å². The number of hydrogen-bond acceptors (Lipinski definition) is 2. The van der Waals surface area contributed by atoms with Crippen molar-refractivity contribution in [3.8, 4) is 0 Å². The number of hydrogen-bond donors (Lipinski definition) is 1. The first-order valence-corrected chi connectivity index (χ1v) is 8.26. The van der Waals surface area contributed by atoms with Crippen LogP contribution in [0, 0.1) is 19.8 Å². The highest BCUT2D eigenvalue weighted by Crippen LogP contribution is 2.29. The lowest BCUT2D eigenvalue weighted by molar-refractivity contribution is -0.122. The minimum absolute atomic E-state index is 0.0210. The summed E-state index contributed by atoms with van der Waals surface area (Å²) in [5.41, 5.74) is 3.52. The standard InChI is InChI=1S/C19H19ClN2O2/c1-12-7-8-15(20)10-16(12)21-19(24)14-9-18(23)22(11-14)17-6-4-3-5-13(17)2/h3-8,10,14H,9,11H2,1-2H3,(H,21,24). The third-order valence-corrected chi connectivity index (χ3v) is 4.59. The van der Waals surface area contributed by atoms with Gasteiger partial charge in [0.2, 0.25) is 11.8 Å². The predicted molar refractivity (Wildman–Crippen MR) is 96.5 cm³/mol. The van der Waals surface area contributed by atoms with Crippen LogP contribution in [0.3, 0.4) is 0 Å². The largest absolute Gasteiger partial charge is 0.325 e. The number of carbonyl (C=O) groups excluding carboxylic acids is 2. The topological polar surface area (TPSA) is 49.4 Å². The quantitative estimate of drug-likeness (QED) is 0.918. The monoisotopic (exact) mass is 342 g/mol. The Hall–Kier alpha value is -2.33. The second-order valence-electron chi connectivity index (χ2n) is 6.14. The van der Waals surface area contributed by atoms with E-state index in [0.29, 0.717) is 17.3 Å². The van der Waals surface area contributed by atoms with Crippen LogP contribution in [-0.4, -0.2) is 18.4 Å². The number of anilines is 2. The molecular formula is C19H19ClN2O2. The summed E-state index contributed by atoms with van der Waals surface area (Å²) in [5.74, 6) is -0.535. The second-order valence-corrected chi connectivity index (χ2v) is 6.58. The molecule has 1 aliphatic rings. The molecule has 1 unspecified atom stereocenters. The Balaban J connectivity index is 1.75. The molecule has 24 heavy (non-hydrogen) atoms. The SMILES string of the molecule is Cc1ccc(Cl)cc1NC(=O)C1CC(=O)N(c2ccccc2C)C1. The molecule has 1 fully saturated rings. The molecule has 5 heteroatoms. The fraction of sp³-hybridized carbons (Fsp3) is 0.263. The van der Waals surface area contributed by atoms with Gasteiger partial charge in [-0.05, 0) is 43.2 Å². The van der Waals surface area contributed by atoms with Crippen molar-refractivity contribution in [2.24, 2.45) is 5.92 Å². The Kier molecular flexibility index (Phi) is 4.58. The first kappa shape index (κ1) is 16.5. The van der Waals surface area contributed by atoms with Crippen molar-refractivity contribution in [2.45, 2.75) is 20.3 Å². The molecule has 3 rings (SSSR count). The molecule has 1 heterocycles. The van der Waals surface area contributed by atoms with Gasteiger partial charge in [0.05, 0.1) is 5.92 Å². The minimum Gasteiger partial charge on any atom is -0.325 e. The highest BCUT2D eigenvalue weighted by molar-refractivity contribution is 6.31. The molecule has 0 saturated carbocycles.